The Kier molecular flexibility index (Phi) is 6.52. The Morgan fingerprint density at radius 2 is 1.62 bits per heavy atom. The van der Waals surface area contributed by atoms with E-state index in [1.807, 2.05) is 36.4 Å². The Morgan fingerprint density at radius 3 is 2.34 bits per heavy atom. The van der Waals surface area contributed by atoms with Gasteiger partial charge in [0.25, 0.3) is 5.91 Å². The minimum Gasteiger partial charge on any atom is -0.507 e. The number of aromatic hydroxyl groups is 1. The number of carbonyl (C=O) groups is 2. The van der Waals surface area contributed by atoms with E-state index in [-0.39, 0.29) is 24.5 Å². The first-order valence-electron chi connectivity index (χ1n) is 9.00. The number of para-hydroxylation sites is 2. The molecule has 3 rings (SSSR count). The van der Waals surface area contributed by atoms with Crippen LogP contribution in [0.3, 0.4) is 0 Å². The molecule has 2 N–H and O–H groups in total. The van der Waals surface area contributed by atoms with Crippen LogP contribution < -0.4 is 14.8 Å². The molecule has 7 heteroatoms. The zero-order chi connectivity index (χ0) is 20.6. The van der Waals surface area contributed by atoms with E-state index < -0.39 is 18.5 Å². The van der Waals surface area contributed by atoms with Crippen LogP contribution in [0.25, 0.3) is 10.8 Å². The normalized spacial score (nSPS) is 10.4. The topological polar surface area (TPSA) is 94.1 Å². The van der Waals surface area contributed by atoms with Crippen molar-refractivity contribution in [1.29, 1.82) is 0 Å². The van der Waals surface area contributed by atoms with Crippen molar-refractivity contribution in [3.63, 3.8) is 0 Å². The third kappa shape index (κ3) is 5.16. The smallest absolute Gasteiger partial charge is 0.342 e. The van der Waals surface area contributed by atoms with Crippen LogP contribution in [0, 0.1) is 0 Å². The fourth-order valence-corrected chi connectivity index (χ4v) is 2.74. The van der Waals surface area contributed by atoms with Gasteiger partial charge in [-0.25, -0.2) is 4.79 Å². The third-order valence-corrected chi connectivity index (χ3v) is 4.17. The lowest BCUT2D eigenvalue weighted by molar-refractivity contribution is -0.124. The Hall–Kier alpha value is -3.74. The first kappa shape index (κ1) is 20.0. The summed E-state index contributed by atoms with van der Waals surface area (Å²) in [4.78, 5) is 24.1. The number of fused-ring (bicyclic) bond motifs is 1. The van der Waals surface area contributed by atoms with Gasteiger partial charge in [-0.1, -0.05) is 36.4 Å². The summed E-state index contributed by atoms with van der Waals surface area (Å²) in [6.45, 7) is 0.000930. The zero-order valence-corrected chi connectivity index (χ0v) is 15.9. The van der Waals surface area contributed by atoms with Crippen molar-refractivity contribution in [3.8, 4) is 17.2 Å². The highest BCUT2D eigenvalue weighted by atomic mass is 16.5. The first-order valence-corrected chi connectivity index (χ1v) is 9.00. The van der Waals surface area contributed by atoms with Crippen molar-refractivity contribution in [2.24, 2.45) is 0 Å². The van der Waals surface area contributed by atoms with Crippen LogP contribution in [0.4, 0.5) is 0 Å². The number of phenolic OH excluding ortho intramolecular Hbond substituents is 1. The lowest BCUT2D eigenvalue weighted by Gasteiger charge is -2.11. The highest BCUT2D eigenvalue weighted by molar-refractivity contribution is 5.99. The van der Waals surface area contributed by atoms with Gasteiger partial charge in [0, 0.05) is 0 Å². The van der Waals surface area contributed by atoms with Crippen molar-refractivity contribution in [2.45, 2.75) is 0 Å². The number of carbonyl (C=O) groups excluding carboxylic acids is 2. The van der Waals surface area contributed by atoms with E-state index in [2.05, 4.69) is 5.32 Å². The van der Waals surface area contributed by atoms with Gasteiger partial charge in [0.15, 0.2) is 18.1 Å². The van der Waals surface area contributed by atoms with Gasteiger partial charge in [-0.3, -0.25) is 4.79 Å². The Labute approximate surface area is 167 Å². The molecule has 0 aliphatic rings. The molecule has 150 valence electrons. The third-order valence-electron chi connectivity index (χ3n) is 4.17. The molecule has 0 aliphatic heterocycles. The van der Waals surface area contributed by atoms with Crippen molar-refractivity contribution in [3.05, 3.63) is 66.2 Å². The highest BCUT2D eigenvalue weighted by Crippen LogP contribution is 2.26. The van der Waals surface area contributed by atoms with Crippen molar-refractivity contribution >= 4 is 22.6 Å². The quantitative estimate of drug-likeness (QED) is 0.450. The summed E-state index contributed by atoms with van der Waals surface area (Å²) < 4.78 is 15.7. The molecule has 7 nitrogen and oxygen atoms in total. The summed E-state index contributed by atoms with van der Waals surface area (Å²) in [7, 11) is 1.55. The summed E-state index contributed by atoms with van der Waals surface area (Å²) >= 11 is 0. The lowest BCUT2D eigenvalue weighted by Crippen LogP contribution is -2.32. The van der Waals surface area contributed by atoms with Gasteiger partial charge in [-0.05, 0) is 35.0 Å². The van der Waals surface area contributed by atoms with Crippen molar-refractivity contribution < 1.29 is 28.9 Å². The number of methoxy groups -OCH3 is 1. The summed E-state index contributed by atoms with van der Waals surface area (Å²) in [6.07, 6.45) is 0. The Morgan fingerprint density at radius 1 is 0.966 bits per heavy atom. The maximum absolute atomic E-state index is 12.2. The molecule has 0 unspecified atom stereocenters. The molecule has 0 fully saturated rings. The molecule has 0 radical (unpaired) electrons. The molecule has 0 aliphatic carbocycles. The van der Waals surface area contributed by atoms with E-state index in [9.17, 15) is 14.7 Å². The van der Waals surface area contributed by atoms with Crippen LogP contribution in [0.5, 0.6) is 17.2 Å². The average molecular weight is 395 g/mol. The largest absolute Gasteiger partial charge is 0.507 e. The SMILES string of the molecule is COc1ccccc1OCCNC(=O)COC(=O)c1cc2ccccc2cc1O. The molecule has 3 aromatic carbocycles. The molecule has 0 saturated carbocycles. The second kappa shape index (κ2) is 9.45. The highest BCUT2D eigenvalue weighted by Gasteiger charge is 2.15. The maximum atomic E-state index is 12.2. The maximum Gasteiger partial charge on any atom is 0.342 e. The number of rotatable bonds is 8. The molecule has 0 saturated heterocycles. The number of benzene rings is 3. The van der Waals surface area contributed by atoms with Gasteiger partial charge >= 0.3 is 5.97 Å². The number of esters is 1. The molecule has 0 atom stereocenters. The van der Waals surface area contributed by atoms with E-state index in [1.165, 1.54) is 12.1 Å². The van der Waals surface area contributed by atoms with Gasteiger partial charge in [0.1, 0.15) is 17.9 Å². The van der Waals surface area contributed by atoms with E-state index in [0.717, 1.165) is 10.8 Å². The van der Waals surface area contributed by atoms with E-state index in [4.69, 9.17) is 14.2 Å². The van der Waals surface area contributed by atoms with Crippen LogP contribution in [0.2, 0.25) is 0 Å². The van der Waals surface area contributed by atoms with Crippen molar-refractivity contribution in [1.82, 2.24) is 5.32 Å². The fourth-order valence-electron chi connectivity index (χ4n) is 2.74. The lowest BCUT2D eigenvalue weighted by atomic mass is 10.1. The number of phenols is 1. The molecule has 29 heavy (non-hydrogen) atoms. The van der Waals surface area contributed by atoms with Crippen LogP contribution in [-0.4, -0.2) is 43.9 Å². The van der Waals surface area contributed by atoms with Crippen LogP contribution in [0.15, 0.2) is 60.7 Å². The molecule has 0 aromatic heterocycles. The monoisotopic (exact) mass is 395 g/mol. The minimum absolute atomic E-state index is 0.0102. The van der Waals surface area contributed by atoms with Crippen molar-refractivity contribution in [2.75, 3.05) is 26.9 Å². The van der Waals surface area contributed by atoms with Crippen LogP contribution in [-0.2, 0) is 9.53 Å². The molecule has 0 spiro atoms. The standard InChI is InChI=1S/C22H21NO6/c1-27-19-8-4-5-9-20(19)28-11-10-23-21(25)14-29-22(26)17-12-15-6-2-3-7-16(15)13-18(17)24/h2-9,12-13,24H,10-11,14H2,1H3,(H,23,25). The summed E-state index contributed by atoms with van der Waals surface area (Å²) in [5, 5.41) is 14.2. The zero-order valence-electron chi connectivity index (χ0n) is 15.9. The van der Waals surface area contributed by atoms with Gasteiger partial charge < -0.3 is 24.6 Å². The first-order chi connectivity index (χ1) is 14.1. The van der Waals surface area contributed by atoms with E-state index in [0.29, 0.717) is 11.5 Å². The predicted octanol–water partition coefficient (Wildman–Crippen LogP) is 2.91. The Bertz CT molecular complexity index is 1020. The molecular formula is C22H21NO6. The van der Waals surface area contributed by atoms with Crippen LogP contribution in [0.1, 0.15) is 10.4 Å². The second-order valence-corrected chi connectivity index (χ2v) is 6.14. The number of hydrogen-bond donors (Lipinski definition) is 2. The average Bonchev–Trinajstić information content (AvgIpc) is 2.74. The number of hydrogen-bond acceptors (Lipinski definition) is 6. The van der Waals surface area contributed by atoms with Gasteiger partial charge in [0.2, 0.25) is 0 Å². The molecular weight excluding hydrogens is 374 g/mol. The Balaban J connectivity index is 1.46. The van der Waals surface area contributed by atoms with Gasteiger partial charge in [-0.15, -0.1) is 0 Å². The van der Waals surface area contributed by atoms with E-state index in [1.54, 1.807) is 19.2 Å². The van der Waals surface area contributed by atoms with Gasteiger partial charge in [-0.2, -0.15) is 0 Å². The van der Waals surface area contributed by atoms with E-state index >= 15 is 0 Å². The number of amides is 1. The molecule has 1 amide bonds. The second-order valence-electron chi connectivity index (χ2n) is 6.14. The summed E-state index contributed by atoms with van der Waals surface area (Å²) in [5.41, 5.74) is 0.0102. The summed E-state index contributed by atoms with van der Waals surface area (Å²) in [5.74, 6) is -0.263. The minimum atomic E-state index is -0.770. The molecule has 3 aromatic rings. The number of nitrogens with one attached hydrogen (secondary N) is 1. The molecule has 0 heterocycles. The van der Waals surface area contributed by atoms with Gasteiger partial charge in [0.05, 0.1) is 13.7 Å². The molecule has 0 bridgehead atoms. The fraction of sp³-hybridized carbons (Fsp3) is 0.182. The summed E-state index contributed by atoms with van der Waals surface area (Å²) in [6, 6.07) is 17.5. The predicted molar refractivity (Wildman–Crippen MR) is 107 cm³/mol. The van der Waals surface area contributed by atoms with Crippen LogP contribution >= 0.6 is 0 Å². The number of ether oxygens (including phenoxy) is 3.